The zero-order chi connectivity index (χ0) is 21.3. The monoisotopic (exact) mass is 408 g/mol. The van der Waals surface area contributed by atoms with E-state index in [0.29, 0.717) is 18.8 Å². The molecule has 7 heteroatoms. The average Bonchev–Trinajstić information content (AvgIpc) is 3.01. The number of aromatic nitrogens is 3. The van der Waals surface area contributed by atoms with Crippen LogP contribution in [-0.4, -0.2) is 33.9 Å². The summed E-state index contributed by atoms with van der Waals surface area (Å²) in [7, 11) is 0. The molecule has 1 aliphatic heterocycles. The highest BCUT2D eigenvalue weighted by Gasteiger charge is 2.22. The molecule has 3 heterocycles. The Kier molecular flexibility index (Phi) is 5.61. The van der Waals surface area contributed by atoms with Gasteiger partial charge < -0.3 is 14.8 Å². The van der Waals surface area contributed by atoms with Crippen LogP contribution in [0.1, 0.15) is 62.1 Å². The molecule has 0 radical (unpaired) electrons. The summed E-state index contributed by atoms with van der Waals surface area (Å²) in [5.74, 6) is 1.52. The number of ether oxygens (including phenoxy) is 2. The topological polar surface area (TPSA) is 78.3 Å². The summed E-state index contributed by atoms with van der Waals surface area (Å²) in [6, 6.07) is 7.77. The van der Waals surface area contributed by atoms with Crippen molar-refractivity contribution in [2.45, 2.75) is 46.2 Å². The lowest BCUT2D eigenvalue weighted by Crippen LogP contribution is -2.31. The third kappa shape index (κ3) is 3.97. The number of rotatable bonds is 5. The van der Waals surface area contributed by atoms with Crippen LogP contribution >= 0.6 is 0 Å². The van der Waals surface area contributed by atoms with Gasteiger partial charge in [-0.25, -0.2) is 9.67 Å². The Balaban J connectivity index is 1.58. The predicted molar refractivity (Wildman–Crippen MR) is 115 cm³/mol. The largest absolute Gasteiger partial charge is 0.490 e. The maximum Gasteiger partial charge on any atom is 0.253 e. The number of nitrogens with zero attached hydrogens (tertiary/aromatic N) is 3. The lowest BCUT2D eigenvalue weighted by molar-refractivity contribution is 0.0925. The lowest BCUT2D eigenvalue weighted by Gasteiger charge is -2.24. The van der Waals surface area contributed by atoms with Crippen LogP contribution in [0.4, 0.5) is 0 Å². The second-order valence-corrected chi connectivity index (χ2v) is 8.27. The van der Waals surface area contributed by atoms with Gasteiger partial charge in [0.05, 0.1) is 31.0 Å². The maximum atomic E-state index is 13.0. The first-order valence-electron chi connectivity index (χ1n) is 10.5. The van der Waals surface area contributed by atoms with Crippen molar-refractivity contribution in [3.63, 3.8) is 0 Å². The second kappa shape index (κ2) is 8.34. The fourth-order valence-electron chi connectivity index (χ4n) is 3.67. The number of hydrogen-bond acceptors (Lipinski definition) is 5. The third-order valence-corrected chi connectivity index (χ3v) is 5.27. The molecule has 0 aliphatic carbocycles. The molecular weight excluding hydrogens is 380 g/mol. The number of carbonyl (C=O) groups excluding carboxylic acids is 1. The first-order chi connectivity index (χ1) is 14.4. The minimum Gasteiger partial charge on any atom is -0.490 e. The van der Waals surface area contributed by atoms with Crippen LogP contribution in [0.2, 0.25) is 0 Å². The van der Waals surface area contributed by atoms with Crippen LogP contribution < -0.4 is 14.8 Å². The van der Waals surface area contributed by atoms with Crippen molar-refractivity contribution in [2.24, 2.45) is 5.92 Å². The van der Waals surface area contributed by atoms with Crippen molar-refractivity contribution in [2.75, 3.05) is 13.2 Å². The summed E-state index contributed by atoms with van der Waals surface area (Å²) in [6.45, 7) is 9.56. The summed E-state index contributed by atoms with van der Waals surface area (Å²) in [5, 5.41) is 8.40. The fraction of sp³-hybridized carbons (Fsp3) is 0.435. The number of hydrogen-bond donors (Lipinski definition) is 1. The van der Waals surface area contributed by atoms with E-state index in [9.17, 15) is 4.79 Å². The average molecular weight is 409 g/mol. The summed E-state index contributed by atoms with van der Waals surface area (Å²) >= 11 is 0. The molecule has 30 heavy (non-hydrogen) atoms. The van der Waals surface area contributed by atoms with Gasteiger partial charge >= 0.3 is 0 Å². The summed E-state index contributed by atoms with van der Waals surface area (Å²) in [4.78, 5) is 17.5. The van der Waals surface area contributed by atoms with Crippen LogP contribution in [0.5, 0.6) is 11.5 Å². The molecule has 1 aromatic carbocycles. The van der Waals surface area contributed by atoms with E-state index in [2.05, 4.69) is 43.1 Å². The van der Waals surface area contributed by atoms with E-state index in [1.807, 2.05) is 28.9 Å². The number of amides is 1. The zero-order valence-electron chi connectivity index (χ0n) is 17.9. The van der Waals surface area contributed by atoms with Crippen LogP contribution in [-0.2, 0) is 0 Å². The molecule has 1 N–H and O–H groups in total. The molecule has 1 amide bonds. The van der Waals surface area contributed by atoms with Crippen molar-refractivity contribution in [1.82, 2.24) is 20.1 Å². The quantitative estimate of drug-likeness (QED) is 0.681. The Bertz CT molecular complexity index is 1060. The van der Waals surface area contributed by atoms with Crippen molar-refractivity contribution in [3.05, 3.63) is 47.8 Å². The van der Waals surface area contributed by atoms with Crippen molar-refractivity contribution >= 4 is 16.9 Å². The van der Waals surface area contributed by atoms with Gasteiger partial charge in [0.25, 0.3) is 5.91 Å². The molecule has 0 spiro atoms. The SMILES string of the molecule is CC(C)C(NC(=O)c1cnc2c(cnn2C(C)C)c1)c1ccc2c(c1)OCCCO2. The molecule has 3 aromatic rings. The van der Waals surface area contributed by atoms with E-state index in [1.54, 1.807) is 12.4 Å². The number of benzene rings is 1. The molecular formula is C23H28N4O3. The second-order valence-electron chi connectivity index (χ2n) is 8.27. The van der Waals surface area contributed by atoms with E-state index in [0.717, 1.165) is 34.5 Å². The van der Waals surface area contributed by atoms with Crippen LogP contribution in [0.3, 0.4) is 0 Å². The Morgan fingerprint density at radius 1 is 1.07 bits per heavy atom. The number of nitrogens with one attached hydrogen (secondary N) is 1. The highest BCUT2D eigenvalue weighted by atomic mass is 16.5. The maximum absolute atomic E-state index is 13.0. The molecule has 0 saturated heterocycles. The minimum atomic E-state index is -0.163. The van der Waals surface area contributed by atoms with Gasteiger partial charge in [0.15, 0.2) is 17.1 Å². The van der Waals surface area contributed by atoms with E-state index in [1.165, 1.54) is 0 Å². The lowest BCUT2D eigenvalue weighted by atomic mass is 9.95. The van der Waals surface area contributed by atoms with Gasteiger partial charge in [-0.05, 0) is 43.5 Å². The molecule has 2 aromatic heterocycles. The minimum absolute atomic E-state index is 0.160. The molecule has 1 unspecified atom stereocenters. The molecule has 1 atom stereocenters. The Morgan fingerprint density at radius 3 is 2.57 bits per heavy atom. The highest BCUT2D eigenvalue weighted by Crippen LogP contribution is 2.34. The van der Waals surface area contributed by atoms with E-state index >= 15 is 0 Å². The zero-order valence-corrected chi connectivity index (χ0v) is 17.9. The van der Waals surface area contributed by atoms with Crippen LogP contribution in [0.15, 0.2) is 36.7 Å². The van der Waals surface area contributed by atoms with Gasteiger partial charge in [-0.1, -0.05) is 19.9 Å². The van der Waals surface area contributed by atoms with Crippen LogP contribution in [0.25, 0.3) is 11.0 Å². The van der Waals surface area contributed by atoms with Crippen LogP contribution in [0, 0.1) is 5.92 Å². The molecule has 1 aliphatic rings. The van der Waals surface area contributed by atoms with E-state index in [-0.39, 0.29) is 23.9 Å². The summed E-state index contributed by atoms with van der Waals surface area (Å²) in [6.07, 6.45) is 4.23. The van der Waals surface area contributed by atoms with Gasteiger partial charge in [-0.3, -0.25) is 4.79 Å². The molecule has 0 bridgehead atoms. The van der Waals surface area contributed by atoms with Gasteiger partial charge in [-0.2, -0.15) is 5.10 Å². The Labute approximate surface area is 176 Å². The van der Waals surface area contributed by atoms with Crippen molar-refractivity contribution in [1.29, 1.82) is 0 Å². The van der Waals surface area contributed by atoms with Gasteiger partial charge in [-0.15, -0.1) is 0 Å². The normalized spacial score (nSPS) is 14.7. The highest BCUT2D eigenvalue weighted by molar-refractivity contribution is 5.97. The number of fused-ring (bicyclic) bond motifs is 2. The standard InChI is InChI=1S/C23H28N4O3/c1-14(2)21(16-6-7-19-20(11-16)30-9-5-8-29-19)26-23(28)18-10-17-13-25-27(15(3)4)22(17)24-12-18/h6-7,10-15,21H,5,8-9H2,1-4H3,(H,26,28). The molecule has 0 fully saturated rings. The smallest absolute Gasteiger partial charge is 0.253 e. The van der Waals surface area contributed by atoms with Gasteiger partial charge in [0, 0.05) is 24.0 Å². The number of pyridine rings is 1. The first-order valence-corrected chi connectivity index (χ1v) is 10.5. The summed E-state index contributed by atoms with van der Waals surface area (Å²) in [5.41, 5.74) is 2.29. The van der Waals surface area contributed by atoms with Crippen molar-refractivity contribution < 1.29 is 14.3 Å². The Hall–Kier alpha value is -3.09. The number of carbonyl (C=O) groups is 1. The molecule has 7 nitrogen and oxygen atoms in total. The first kappa shape index (κ1) is 20.2. The van der Waals surface area contributed by atoms with Gasteiger partial charge in [0.2, 0.25) is 0 Å². The molecule has 4 rings (SSSR count). The Morgan fingerprint density at radius 2 is 1.83 bits per heavy atom. The molecule has 0 saturated carbocycles. The van der Waals surface area contributed by atoms with E-state index < -0.39 is 0 Å². The van der Waals surface area contributed by atoms with Gasteiger partial charge in [0.1, 0.15) is 0 Å². The fourth-order valence-corrected chi connectivity index (χ4v) is 3.67. The predicted octanol–water partition coefficient (Wildman–Crippen LogP) is 4.30. The van der Waals surface area contributed by atoms with E-state index in [4.69, 9.17) is 9.47 Å². The van der Waals surface area contributed by atoms with Crippen molar-refractivity contribution in [3.8, 4) is 11.5 Å². The summed E-state index contributed by atoms with van der Waals surface area (Å²) < 4.78 is 13.4. The third-order valence-electron chi connectivity index (χ3n) is 5.27. The molecule has 158 valence electrons.